The van der Waals surface area contributed by atoms with E-state index in [1.165, 1.54) is 5.56 Å². The lowest BCUT2D eigenvalue weighted by Crippen LogP contribution is -2.48. The Morgan fingerprint density at radius 3 is 2.61 bits per heavy atom. The molecule has 0 radical (unpaired) electrons. The van der Waals surface area contributed by atoms with Crippen LogP contribution in [0.5, 0.6) is 0 Å². The van der Waals surface area contributed by atoms with Crippen molar-refractivity contribution in [1.29, 1.82) is 0 Å². The summed E-state index contributed by atoms with van der Waals surface area (Å²) in [6, 6.07) is 17.0. The quantitative estimate of drug-likeness (QED) is 0.745. The third-order valence-electron chi connectivity index (χ3n) is 4.53. The number of hydrogen-bond donors (Lipinski definition) is 2. The molecule has 2 aromatic carbocycles. The molecule has 3 rings (SSSR count). The average molecular weight is 402 g/mol. The second-order valence-electron chi connectivity index (χ2n) is 6.68. The molecule has 0 aliphatic carbocycles. The first-order chi connectivity index (χ1) is 13.6. The third kappa shape index (κ3) is 6.05. The minimum absolute atomic E-state index is 0.0688. The molecule has 0 spiro atoms. The van der Waals surface area contributed by atoms with Gasteiger partial charge in [0.2, 0.25) is 5.91 Å². The first kappa shape index (κ1) is 20.3. The Hall–Kier alpha value is -2.41. The number of carbonyl (C=O) groups is 2. The van der Waals surface area contributed by atoms with Gasteiger partial charge in [-0.05, 0) is 17.7 Å². The summed E-state index contributed by atoms with van der Waals surface area (Å²) in [5, 5.41) is 5.76. The topological polar surface area (TPSA) is 70.7 Å². The molecule has 2 N–H and O–H groups in total. The Morgan fingerprint density at radius 2 is 1.82 bits per heavy atom. The maximum absolute atomic E-state index is 12.1. The molecule has 0 bridgehead atoms. The smallest absolute Gasteiger partial charge is 0.253 e. The SMILES string of the molecule is O=C(CNC(=O)c1ccccc1Cl)NCC1CN(Cc2ccccc2)CCO1. The van der Waals surface area contributed by atoms with Crippen molar-refractivity contribution in [3.05, 3.63) is 70.7 Å². The van der Waals surface area contributed by atoms with E-state index in [1.54, 1.807) is 24.3 Å². The van der Waals surface area contributed by atoms with E-state index >= 15 is 0 Å². The summed E-state index contributed by atoms with van der Waals surface area (Å²) in [6.07, 6.45) is -0.0688. The van der Waals surface area contributed by atoms with Gasteiger partial charge in [0.15, 0.2) is 0 Å². The van der Waals surface area contributed by atoms with Gasteiger partial charge >= 0.3 is 0 Å². The standard InChI is InChI=1S/C21H24ClN3O3/c22-19-9-5-4-8-18(19)21(27)24-13-20(26)23-12-17-15-25(10-11-28-17)14-16-6-2-1-3-7-16/h1-9,17H,10-15H2,(H,23,26)(H,24,27). The van der Waals surface area contributed by atoms with E-state index in [4.69, 9.17) is 16.3 Å². The number of hydrogen-bond acceptors (Lipinski definition) is 4. The zero-order chi connectivity index (χ0) is 19.8. The van der Waals surface area contributed by atoms with Crippen LogP contribution < -0.4 is 10.6 Å². The second-order valence-corrected chi connectivity index (χ2v) is 7.09. The van der Waals surface area contributed by atoms with Crippen molar-refractivity contribution in [2.45, 2.75) is 12.6 Å². The van der Waals surface area contributed by atoms with E-state index in [-0.39, 0.29) is 24.5 Å². The highest BCUT2D eigenvalue weighted by molar-refractivity contribution is 6.33. The van der Waals surface area contributed by atoms with Crippen LogP contribution >= 0.6 is 11.6 Å². The zero-order valence-corrected chi connectivity index (χ0v) is 16.3. The fourth-order valence-corrected chi connectivity index (χ4v) is 3.30. The molecule has 1 heterocycles. The van der Waals surface area contributed by atoms with Crippen molar-refractivity contribution < 1.29 is 14.3 Å². The van der Waals surface area contributed by atoms with Crippen LogP contribution in [0.15, 0.2) is 54.6 Å². The van der Waals surface area contributed by atoms with Crippen molar-refractivity contribution in [3.63, 3.8) is 0 Å². The van der Waals surface area contributed by atoms with Gasteiger partial charge in [0.1, 0.15) is 0 Å². The van der Waals surface area contributed by atoms with Gasteiger partial charge in [0.25, 0.3) is 5.91 Å². The van der Waals surface area contributed by atoms with Crippen molar-refractivity contribution >= 4 is 23.4 Å². The number of halogens is 1. The Bertz CT molecular complexity index is 800. The van der Waals surface area contributed by atoms with Crippen LogP contribution in [0.1, 0.15) is 15.9 Å². The molecule has 1 aliphatic rings. The van der Waals surface area contributed by atoms with Gasteiger partial charge in [0, 0.05) is 26.2 Å². The van der Waals surface area contributed by atoms with Crippen molar-refractivity contribution in [2.75, 3.05) is 32.8 Å². The number of nitrogens with one attached hydrogen (secondary N) is 2. The molecule has 1 saturated heterocycles. The average Bonchev–Trinajstić information content (AvgIpc) is 2.72. The largest absolute Gasteiger partial charge is 0.374 e. The predicted octanol–water partition coefficient (Wildman–Crippen LogP) is 2.09. The minimum Gasteiger partial charge on any atom is -0.374 e. The van der Waals surface area contributed by atoms with Crippen molar-refractivity contribution in [1.82, 2.24) is 15.5 Å². The van der Waals surface area contributed by atoms with E-state index in [9.17, 15) is 9.59 Å². The first-order valence-corrected chi connectivity index (χ1v) is 9.67. The fraction of sp³-hybridized carbons (Fsp3) is 0.333. The molecule has 2 aromatic rings. The summed E-state index contributed by atoms with van der Waals surface area (Å²) in [5.41, 5.74) is 1.61. The number of ether oxygens (including phenoxy) is 1. The number of benzene rings is 2. The monoisotopic (exact) mass is 401 g/mol. The molecule has 1 unspecified atom stereocenters. The van der Waals surface area contributed by atoms with Crippen LogP contribution in [0.2, 0.25) is 5.02 Å². The van der Waals surface area contributed by atoms with Gasteiger partial charge < -0.3 is 15.4 Å². The lowest BCUT2D eigenvalue weighted by Gasteiger charge is -2.33. The molecule has 148 valence electrons. The maximum atomic E-state index is 12.1. The number of nitrogens with zero attached hydrogens (tertiary/aromatic N) is 1. The molecule has 1 fully saturated rings. The third-order valence-corrected chi connectivity index (χ3v) is 4.86. The summed E-state index contributed by atoms with van der Waals surface area (Å²) in [5.74, 6) is -0.632. The number of amides is 2. The number of morpholine rings is 1. The molecule has 7 heteroatoms. The van der Waals surface area contributed by atoms with E-state index in [2.05, 4.69) is 27.7 Å². The Balaban J connectivity index is 1.39. The van der Waals surface area contributed by atoms with Crippen LogP contribution in [0.4, 0.5) is 0 Å². The van der Waals surface area contributed by atoms with Gasteiger partial charge in [0.05, 0.1) is 29.8 Å². The zero-order valence-electron chi connectivity index (χ0n) is 15.6. The van der Waals surface area contributed by atoms with Crippen LogP contribution in [-0.2, 0) is 16.1 Å². The lowest BCUT2D eigenvalue weighted by molar-refractivity contribution is -0.121. The number of carbonyl (C=O) groups excluding carboxylic acids is 2. The van der Waals surface area contributed by atoms with Crippen molar-refractivity contribution in [3.8, 4) is 0 Å². The molecule has 28 heavy (non-hydrogen) atoms. The highest BCUT2D eigenvalue weighted by Crippen LogP contribution is 2.14. The van der Waals surface area contributed by atoms with Gasteiger partial charge in [-0.1, -0.05) is 54.1 Å². The van der Waals surface area contributed by atoms with Crippen molar-refractivity contribution in [2.24, 2.45) is 0 Å². The summed E-state index contributed by atoms with van der Waals surface area (Å²) in [4.78, 5) is 26.5. The summed E-state index contributed by atoms with van der Waals surface area (Å²) in [7, 11) is 0. The van der Waals surface area contributed by atoms with Gasteiger partial charge in [-0.2, -0.15) is 0 Å². The highest BCUT2D eigenvalue weighted by Gasteiger charge is 2.21. The molecule has 1 aliphatic heterocycles. The normalized spacial score (nSPS) is 17.1. The van der Waals surface area contributed by atoms with Crippen LogP contribution in [0.3, 0.4) is 0 Å². The Kier molecular flexibility index (Phi) is 7.42. The minimum atomic E-state index is -0.372. The lowest BCUT2D eigenvalue weighted by atomic mass is 10.2. The molecular weight excluding hydrogens is 378 g/mol. The van der Waals surface area contributed by atoms with Crippen LogP contribution in [-0.4, -0.2) is 55.6 Å². The highest BCUT2D eigenvalue weighted by atomic mass is 35.5. The fourth-order valence-electron chi connectivity index (χ4n) is 3.08. The Morgan fingerprint density at radius 1 is 1.07 bits per heavy atom. The van der Waals surface area contributed by atoms with Gasteiger partial charge in [-0.3, -0.25) is 14.5 Å². The van der Waals surface area contributed by atoms with E-state index in [0.717, 1.165) is 19.6 Å². The molecule has 1 atom stereocenters. The predicted molar refractivity (Wildman–Crippen MR) is 108 cm³/mol. The summed E-state index contributed by atoms with van der Waals surface area (Å²) >= 11 is 5.99. The maximum Gasteiger partial charge on any atom is 0.253 e. The van der Waals surface area contributed by atoms with Crippen LogP contribution in [0, 0.1) is 0 Å². The van der Waals surface area contributed by atoms with E-state index in [1.807, 2.05) is 18.2 Å². The van der Waals surface area contributed by atoms with Crippen LogP contribution in [0.25, 0.3) is 0 Å². The molecule has 0 aromatic heterocycles. The Labute approximate surface area is 169 Å². The molecule has 6 nitrogen and oxygen atoms in total. The molecular formula is C21H24ClN3O3. The first-order valence-electron chi connectivity index (χ1n) is 9.29. The summed E-state index contributed by atoms with van der Waals surface area (Å²) < 4.78 is 5.75. The molecule has 0 saturated carbocycles. The van der Waals surface area contributed by atoms with Gasteiger partial charge in [-0.15, -0.1) is 0 Å². The summed E-state index contributed by atoms with van der Waals surface area (Å²) in [6.45, 7) is 3.42. The van der Waals surface area contributed by atoms with E-state index in [0.29, 0.717) is 23.7 Å². The number of rotatable bonds is 7. The van der Waals surface area contributed by atoms with E-state index < -0.39 is 0 Å². The molecule has 2 amide bonds. The second kappa shape index (κ2) is 10.2. The van der Waals surface area contributed by atoms with Gasteiger partial charge in [-0.25, -0.2) is 0 Å².